The zero-order valence-corrected chi connectivity index (χ0v) is 10.9. The number of fused-ring (bicyclic) bond motifs is 2. The summed E-state index contributed by atoms with van der Waals surface area (Å²) in [6, 6.07) is 0. The van der Waals surface area contributed by atoms with Crippen LogP contribution < -0.4 is 0 Å². The SMILES string of the molecule is CC(C)C[C@]12CC3(CC3)CN1CCC21CC1. The summed E-state index contributed by atoms with van der Waals surface area (Å²) < 4.78 is 0. The van der Waals surface area contributed by atoms with Crippen LogP contribution in [0, 0.1) is 16.7 Å². The molecule has 1 atom stereocenters. The fourth-order valence-corrected chi connectivity index (χ4v) is 5.21. The molecule has 0 aromatic rings. The molecule has 2 aliphatic heterocycles. The highest BCUT2D eigenvalue weighted by atomic mass is 15.3. The van der Waals surface area contributed by atoms with Gasteiger partial charge in [0.1, 0.15) is 0 Å². The lowest BCUT2D eigenvalue weighted by Crippen LogP contribution is -2.45. The summed E-state index contributed by atoms with van der Waals surface area (Å²) in [5, 5.41) is 0. The Bertz CT molecular complexity index is 324. The van der Waals surface area contributed by atoms with Crippen LogP contribution >= 0.6 is 0 Å². The second-order valence-electron chi connectivity index (χ2n) is 7.76. The van der Waals surface area contributed by atoms with Gasteiger partial charge in [0, 0.05) is 12.1 Å². The molecule has 2 saturated heterocycles. The van der Waals surface area contributed by atoms with Gasteiger partial charge in [-0.05, 0) is 68.2 Å². The summed E-state index contributed by atoms with van der Waals surface area (Å²) in [5.74, 6) is 0.881. The number of hydrogen-bond donors (Lipinski definition) is 0. The van der Waals surface area contributed by atoms with E-state index in [0.717, 1.165) is 16.7 Å². The topological polar surface area (TPSA) is 3.24 Å². The predicted molar refractivity (Wildman–Crippen MR) is 66.3 cm³/mol. The highest BCUT2D eigenvalue weighted by Gasteiger charge is 2.71. The molecule has 1 nitrogen and oxygen atoms in total. The minimum atomic E-state index is 0.664. The predicted octanol–water partition coefficient (Wildman–Crippen LogP) is 3.44. The Kier molecular flexibility index (Phi) is 1.67. The molecule has 0 bridgehead atoms. The molecule has 2 heterocycles. The summed E-state index contributed by atoms with van der Waals surface area (Å²) >= 11 is 0. The Morgan fingerprint density at radius 3 is 2.38 bits per heavy atom. The molecule has 0 radical (unpaired) electrons. The second kappa shape index (κ2) is 2.68. The van der Waals surface area contributed by atoms with Crippen LogP contribution in [-0.2, 0) is 0 Å². The summed E-state index contributed by atoms with van der Waals surface area (Å²) in [5.41, 5.74) is 2.27. The van der Waals surface area contributed by atoms with Gasteiger partial charge in [-0.1, -0.05) is 13.8 Å². The van der Waals surface area contributed by atoms with Crippen molar-refractivity contribution in [1.82, 2.24) is 4.90 Å². The van der Waals surface area contributed by atoms with Crippen LogP contribution in [0.4, 0.5) is 0 Å². The summed E-state index contributed by atoms with van der Waals surface area (Å²) in [4.78, 5) is 2.94. The lowest BCUT2D eigenvalue weighted by atomic mass is 9.72. The monoisotopic (exact) mass is 219 g/mol. The Labute approximate surface area is 99.6 Å². The van der Waals surface area contributed by atoms with Crippen LogP contribution in [0.5, 0.6) is 0 Å². The maximum absolute atomic E-state index is 2.94. The average molecular weight is 219 g/mol. The highest BCUT2D eigenvalue weighted by Crippen LogP contribution is 2.73. The zero-order chi connectivity index (χ0) is 11.0. The smallest absolute Gasteiger partial charge is 0.0274 e. The highest BCUT2D eigenvalue weighted by molar-refractivity contribution is 5.25. The lowest BCUT2D eigenvalue weighted by molar-refractivity contribution is 0.107. The minimum absolute atomic E-state index is 0.664. The van der Waals surface area contributed by atoms with Crippen molar-refractivity contribution >= 4 is 0 Å². The first kappa shape index (κ1) is 9.94. The molecule has 0 unspecified atom stereocenters. The molecule has 90 valence electrons. The largest absolute Gasteiger partial charge is 0.296 e. The standard InChI is InChI=1S/C15H25N/c1-12(2)9-15-10-13(3-4-13)11-16(15)8-7-14(15)5-6-14/h12H,3-11H2,1-2H3/t15-/m1/s1. The number of nitrogens with zero attached hydrogens (tertiary/aromatic N) is 1. The van der Waals surface area contributed by atoms with Crippen LogP contribution in [-0.4, -0.2) is 23.5 Å². The van der Waals surface area contributed by atoms with Gasteiger partial charge < -0.3 is 0 Å². The van der Waals surface area contributed by atoms with E-state index in [9.17, 15) is 0 Å². The van der Waals surface area contributed by atoms with Crippen molar-refractivity contribution in [1.29, 1.82) is 0 Å². The summed E-state index contributed by atoms with van der Waals surface area (Å²) in [7, 11) is 0. The van der Waals surface area contributed by atoms with E-state index >= 15 is 0 Å². The van der Waals surface area contributed by atoms with Gasteiger partial charge in [-0.25, -0.2) is 0 Å². The molecule has 4 aliphatic rings. The molecular weight excluding hydrogens is 194 g/mol. The first-order valence-electron chi connectivity index (χ1n) is 7.35. The van der Waals surface area contributed by atoms with Gasteiger partial charge >= 0.3 is 0 Å². The molecule has 16 heavy (non-hydrogen) atoms. The van der Waals surface area contributed by atoms with E-state index in [0.29, 0.717) is 5.54 Å². The summed E-state index contributed by atoms with van der Waals surface area (Å²) in [6.07, 6.45) is 10.8. The second-order valence-corrected chi connectivity index (χ2v) is 7.76. The molecule has 0 amide bonds. The third-order valence-electron chi connectivity index (χ3n) is 6.20. The molecule has 1 heteroatoms. The molecule has 2 saturated carbocycles. The Morgan fingerprint density at radius 2 is 1.81 bits per heavy atom. The molecular formula is C15H25N. The van der Waals surface area contributed by atoms with Crippen LogP contribution in [0.2, 0.25) is 0 Å². The molecule has 2 aliphatic carbocycles. The van der Waals surface area contributed by atoms with E-state index in [4.69, 9.17) is 0 Å². The normalized spacial score (nSPS) is 42.2. The van der Waals surface area contributed by atoms with Crippen LogP contribution in [0.25, 0.3) is 0 Å². The van der Waals surface area contributed by atoms with E-state index in [1.54, 1.807) is 32.1 Å². The van der Waals surface area contributed by atoms with Gasteiger partial charge in [0.15, 0.2) is 0 Å². The van der Waals surface area contributed by atoms with Crippen molar-refractivity contribution in [2.75, 3.05) is 13.1 Å². The van der Waals surface area contributed by atoms with E-state index < -0.39 is 0 Å². The third-order valence-corrected chi connectivity index (χ3v) is 6.20. The molecule has 4 rings (SSSR count). The zero-order valence-electron chi connectivity index (χ0n) is 10.9. The fourth-order valence-electron chi connectivity index (χ4n) is 5.21. The summed E-state index contributed by atoms with van der Waals surface area (Å²) in [6.45, 7) is 7.74. The quantitative estimate of drug-likeness (QED) is 0.687. The van der Waals surface area contributed by atoms with E-state index in [1.165, 1.54) is 25.9 Å². The first-order valence-corrected chi connectivity index (χ1v) is 7.35. The van der Waals surface area contributed by atoms with Crippen molar-refractivity contribution in [3.05, 3.63) is 0 Å². The Morgan fingerprint density at radius 1 is 1.06 bits per heavy atom. The van der Waals surface area contributed by atoms with Crippen molar-refractivity contribution < 1.29 is 0 Å². The number of rotatable bonds is 2. The van der Waals surface area contributed by atoms with Gasteiger partial charge in [0.05, 0.1) is 0 Å². The van der Waals surface area contributed by atoms with Crippen LogP contribution in [0.1, 0.15) is 58.8 Å². The van der Waals surface area contributed by atoms with Gasteiger partial charge in [-0.15, -0.1) is 0 Å². The Balaban J connectivity index is 1.71. The first-order chi connectivity index (χ1) is 7.60. The molecule has 0 N–H and O–H groups in total. The third kappa shape index (κ3) is 1.06. The maximum Gasteiger partial charge on any atom is 0.0274 e. The van der Waals surface area contributed by atoms with Gasteiger partial charge in [-0.2, -0.15) is 0 Å². The van der Waals surface area contributed by atoms with Gasteiger partial charge in [0.2, 0.25) is 0 Å². The van der Waals surface area contributed by atoms with Crippen molar-refractivity contribution in [3.63, 3.8) is 0 Å². The van der Waals surface area contributed by atoms with Crippen LogP contribution in [0.15, 0.2) is 0 Å². The minimum Gasteiger partial charge on any atom is -0.296 e. The van der Waals surface area contributed by atoms with Gasteiger partial charge in [0.25, 0.3) is 0 Å². The Hall–Kier alpha value is -0.0400. The van der Waals surface area contributed by atoms with Crippen molar-refractivity contribution in [2.24, 2.45) is 16.7 Å². The molecule has 4 fully saturated rings. The van der Waals surface area contributed by atoms with Gasteiger partial charge in [-0.3, -0.25) is 4.90 Å². The number of hydrogen-bond acceptors (Lipinski definition) is 1. The lowest BCUT2D eigenvalue weighted by Gasteiger charge is -2.39. The fraction of sp³-hybridized carbons (Fsp3) is 1.00. The molecule has 0 aromatic carbocycles. The average Bonchev–Trinajstić information content (AvgIpc) is 3.04. The van der Waals surface area contributed by atoms with E-state index in [2.05, 4.69) is 18.7 Å². The van der Waals surface area contributed by atoms with E-state index in [-0.39, 0.29) is 0 Å². The molecule has 0 aromatic heterocycles. The maximum atomic E-state index is 2.94. The molecule has 2 spiro atoms. The van der Waals surface area contributed by atoms with Crippen LogP contribution in [0.3, 0.4) is 0 Å². The van der Waals surface area contributed by atoms with Crippen molar-refractivity contribution in [3.8, 4) is 0 Å². The van der Waals surface area contributed by atoms with Crippen molar-refractivity contribution in [2.45, 2.75) is 64.3 Å². The van der Waals surface area contributed by atoms with E-state index in [1.807, 2.05) is 0 Å².